The Kier molecular flexibility index (Phi) is 4.07. The predicted molar refractivity (Wildman–Crippen MR) is 58.0 cm³/mol. The fourth-order valence-corrected chi connectivity index (χ4v) is 1.79. The van der Waals surface area contributed by atoms with Crippen LogP contribution in [-0.2, 0) is 9.63 Å². The molecule has 15 heavy (non-hydrogen) atoms. The summed E-state index contributed by atoms with van der Waals surface area (Å²) in [6.45, 7) is 9.91. The topological polar surface area (TPSA) is 58.8 Å². The Morgan fingerprint density at radius 3 is 2.20 bits per heavy atom. The van der Waals surface area contributed by atoms with Crippen LogP contribution in [0.5, 0.6) is 0 Å². The summed E-state index contributed by atoms with van der Waals surface area (Å²) < 4.78 is 0. The largest absolute Gasteiger partial charge is 0.338 e. The highest BCUT2D eigenvalue weighted by atomic mass is 16.6. The van der Waals surface area contributed by atoms with Crippen molar-refractivity contribution < 1.29 is 9.63 Å². The van der Waals surface area contributed by atoms with Gasteiger partial charge in [0.2, 0.25) is 0 Å². The van der Waals surface area contributed by atoms with Crippen LogP contribution >= 0.6 is 0 Å². The van der Waals surface area contributed by atoms with Gasteiger partial charge in [0.25, 0.3) is 5.91 Å². The summed E-state index contributed by atoms with van der Waals surface area (Å²) >= 11 is 0. The summed E-state index contributed by atoms with van der Waals surface area (Å²) in [7, 11) is 0. The van der Waals surface area contributed by atoms with E-state index >= 15 is 0 Å². The molecule has 0 radical (unpaired) electrons. The molecule has 88 valence electrons. The molecule has 1 rings (SSSR count). The first kappa shape index (κ1) is 12.4. The van der Waals surface area contributed by atoms with E-state index in [1.807, 2.05) is 0 Å². The van der Waals surface area contributed by atoms with Crippen molar-refractivity contribution in [2.24, 2.45) is 5.90 Å². The predicted octanol–water partition coefficient (Wildman–Crippen LogP) is -0.181. The summed E-state index contributed by atoms with van der Waals surface area (Å²) in [5.74, 6) is 4.85. The zero-order valence-electron chi connectivity index (χ0n) is 9.82. The van der Waals surface area contributed by atoms with Crippen LogP contribution in [0.1, 0.15) is 20.8 Å². The maximum Gasteiger partial charge on any atom is 0.250 e. The number of carbonyl (C=O) groups is 1. The van der Waals surface area contributed by atoms with Gasteiger partial charge in [0, 0.05) is 31.7 Å². The summed E-state index contributed by atoms with van der Waals surface area (Å²) in [6, 6.07) is 0. The van der Waals surface area contributed by atoms with E-state index in [0.717, 1.165) is 26.2 Å². The Bertz CT molecular complexity index is 217. The normalized spacial score (nSPS) is 19.3. The van der Waals surface area contributed by atoms with Gasteiger partial charge in [-0.1, -0.05) is 0 Å². The van der Waals surface area contributed by atoms with E-state index in [9.17, 15) is 4.79 Å². The molecule has 1 amide bonds. The number of piperazine rings is 1. The molecule has 1 fully saturated rings. The number of hydrogen-bond acceptors (Lipinski definition) is 4. The Labute approximate surface area is 91.1 Å². The second-order valence-corrected chi connectivity index (χ2v) is 4.85. The Balaban J connectivity index is 2.39. The molecule has 0 atom stereocenters. The van der Waals surface area contributed by atoms with E-state index in [2.05, 4.69) is 30.5 Å². The van der Waals surface area contributed by atoms with Gasteiger partial charge >= 0.3 is 0 Å². The molecule has 5 heteroatoms. The van der Waals surface area contributed by atoms with Gasteiger partial charge in [0.1, 0.15) is 6.61 Å². The lowest BCUT2D eigenvalue weighted by Crippen LogP contribution is -2.55. The molecule has 0 aromatic heterocycles. The SMILES string of the molecule is CC(C)(C)N1CCN(C(=O)CON)CC1. The van der Waals surface area contributed by atoms with Crippen LogP contribution in [-0.4, -0.2) is 54.0 Å². The standard InChI is InChI=1S/C10H21N3O2/c1-10(2,3)13-6-4-12(5-7-13)9(14)8-15-11/h4-8,11H2,1-3H3. The number of nitrogens with zero attached hydrogens (tertiary/aromatic N) is 2. The summed E-state index contributed by atoms with van der Waals surface area (Å²) in [4.78, 5) is 20.0. The third-order valence-corrected chi connectivity index (χ3v) is 2.79. The van der Waals surface area contributed by atoms with Crippen molar-refractivity contribution >= 4 is 5.91 Å². The van der Waals surface area contributed by atoms with Crippen molar-refractivity contribution in [3.05, 3.63) is 0 Å². The zero-order chi connectivity index (χ0) is 11.5. The van der Waals surface area contributed by atoms with Gasteiger partial charge < -0.3 is 4.90 Å². The molecule has 2 N–H and O–H groups in total. The number of nitrogens with two attached hydrogens (primary N) is 1. The number of amides is 1. The van der Waals surface area contributed by atoms with Gasteiger partial charge in [0.05, 0.1) is 0 Å². The molecule has 1 aliphatic heterocycles. The molecule has 0 aliphatic carbocycles. The van der Waals surface area contributed by atoms with Crippen molar-refractivity contribution in [2.75, 3.05) is 32.8 Å². The summed E-state index contributed by atoms with van der Waals surface area (Å²) in [6.07, 6.45) is 0. The van der Waals surface area contributed by atoms with Crippen molar-refractivity contribution in [3.8, 4) is 0 Å². The van der Waals surface area contributed by atoms with Gasteiger partial charge in [-0.2, -0.15) is 0 Å². The minimum absolute atomic E-state index is 0.0183. The highest BCUT2D eigenvalue weighted by Crippen LogP contribution is 2.15. The van der Waals surface area contributed by atoms with E-state index in [1.165, 1.54) is 0 Å². The van der Waals surface area contributed by atoms with Gasteiger partial charge in [0.15, 0.2) is 0 Å². The molecular formula is C10H21N3O2. The molecule has 1 aliphatic rings. The summed E-state index contributed by atoms with van der Waals surface area (Å²) in [5, 5.41) is 0. The second kappa shape index (κ2) is 4.92. The molecule has 0 aromatic carbocycles. The number of carbonyl (C=O) groups excluding carboxylic acids is 1. The van der Waals surface area contributed by atoms with Crippen molar-refractivity contribution in [1.29, 1.82) is 0 Å². The van der Waals surface area contributed by atoms with Crippen LogP contribution < -0.4 is 5.90 Å². The molecule has 0 aromatic rings. The van der Waals surface area contributed by atoms with Crippen molar-refractivity contribution in [3.63, 3.8) is 0 Å². The minimum Gasteiger partial charge on any atom is -0.338 e. The third-order valence-electron chi connectivity index (χ3n) is 2.79. The molecule has 0 unspecified atom stereocenters. The fraction of sp³-hybridized carbons (Fsp3) is 0.900. The average Bonchev–Trinajstić information content (AvgIpc) is 2.17. The molecule has 0 saturated carbocycles. The van der Waals surface area contributed by atoms with Gasteiger partial charge in [-0.3, -0.25) is 14.5 Å². The second-order valence-electron chi connectivity index (χ2n) is 4.85. The molecular weight excluding hydrogens is 194 g/mol. The Morgan fingerprint density at radius 1 is 1.27 bits per heavy atom. The molecule has 0 spiro atoms. The average molecular weight is 215 g/mol. The van der Waals surface area contributed by atoms with Crippen molar-refractivity contribution in [2.45, 2.75) is 26.3 Å². The number of hydrogen-bond donors (Lipinski definition) is 1. The Morgan fingerprint density at radius 2 is 1.80 bits per heavy atom. The molecule has 5 nitrogen and oxygen atoms in total. The first-order valence-electron chi connectivity index (χ1n) is 5.29. The molecule has 1 heterocycles. The third kappa shape index (κ3) is 3.44. The smallest absolute Gasteiger partial charge is 0.250 e. The fourth-order valence-electron chi connectivity index (χ4n) is 1.79. The van der Waals surface area contributed by atoms with Crippen molar-refractivity contribution in [1.82, 2.24) is 9.80 Å². The minimum atomic E-state index is -0.0222. The summed E-state index contributed by atoms with van der Waals surface area (Å²) in [5.41, 5.74) is 0.180. The molecule has 0 bridgehead atoms. The highest BCUT2D eigenvalue weighted by molar-refractivity contribution is 5.77. The monoisotopic (exact) mass is 215 g/mol. The lowest BCUT2D eigenvalue weighted by molar-refractivity contribution is -0.138. The maximum absolute atomic E-state index is 11.5. The van der Waals surface area contributed by atoms with E-state index in [0.29, 0.717) is 0 Å². The van der Waals surface area contributed by atoms with Gasteiger partial charge in [-0.05, 0) is 20.8 Å². The van der Waals surface area contributed by atoms with E-state index < -0.39 is 0 Å². The highest BCUT2D eigenvalue weighted by Gasteiger charge is 2.27. The lowest BCUT2D eigenvalue weighted by Gasteiger charge is -2.42. The zero-order valence-corrected chi connectivity index (χ0v) is 9.82. The van der Waals surface area contributed by atoms with Gasteiger partial charge in [-0.15, -0.1) is 0 Å². The van der Waals surface area contributed by atoms with Crippen LogP contribution in [0.15, 0.2) is 0 Å². The van der Waals surface area contributed by atoms with E-state index in [1.54, 1.807) is 4.90 Å². The quantitative estimate of drug-likeness (QED) is 0.649. The van der Waals surface area contributed by atoms with Crippen LogP contribution in [0.3, 0.4) is 0 Å². The number of rotatable bonds is 2. The first-order valence-corrected chi connectivity index (χ1v) is 5.29. The van der Waals surface area contributed by atoms with E-state index in [4.69, 9.17) is 5.90 Å². The Hall–Kier alpha value is -0.650. The van der Waals surface area contributed by atoms with Crippen LogP contribution in [0.4, 0.5) is 0 Å². The maximum atomic E-state index is 11.5. The van der Waals surface area contributed by atoms with Crippen LogP contribution in [0.2, 0.25) is 0 Å². The first-order chi connectivity index (χ1) is 6.95. The van der Waals surface area contributed by atoms with E-state index in [-0.39, 0.29) is 18.1 Å². The van der Waals surface area contributed by atoms with Crippen LogP contribution in [0, 0.1) is 0 Å². The van der Waals surface area contributed by atoms with Crippen LogP contribution in [0.25, 0.3) is 0 Å². The molecule has 1 saturated heterocycles. The van der Waals surface area contributed by atoms with Gasteiger partial charge in [-0.25, -0.2) is 5.90 Å². The lowest BCUT2D eigenvalue weighted by atomic mass is 10.1.